The van der Waals surface area contributed by atoms with Crippen molar-refractivity contribution in [3.63, 3.8) is 0 Å². The molecule has 0 radical (unpaired) electrons. The summed E-state index contributed by atoms with van der Waals surface area (Å²) >= 11 is 0. The second-order valence-electron chi connectivity index (χ2n) is 8.66. The fourth-order valence-corrected chi connectivity index (χ4v) is 4.76. The molecular formula is C29H31F. The van der Waals surface area contributed by atoms with Crippen LogP contribution in [0.2, 0.25) is 0 Å². The number of allylic oxidation sites excluding steroid dienone is 2. The van der Waals surface area contributed by atoms with Crippen molar-refractivity contribution in [3.05, 3.63) is 90.3 Å². The molecule has 0 heterocycles. The first-order valence-corrected chi connectivity index (χ1v) is 11.2. The maximum atomic E-state index is 15.2. The van der Waals surface area contributed by atoms with Gasteiger partial charge in [-0.1, -0.05) is 66.8 Å². The van der Waals surface area contributed by atoms with E-state index in [4.69, 9.17) is 0 Å². The summed E-state index contributed by atoms with van der Waals surface area (Å²) in [6.45, 7) is 5.93. The van der Waals surface area contributed by atoms with Gasteiger partial charge in [-0.15, -0.1) is 6.58 Å². The fraction of sp³-hybridized carbons (Fsp3) is 0.310. The molecule has 0 aliphatic heterocycles. The van der Waals surface area contributed by atoms with Gasteiger partial charge in [0.15, 0.2) is 0 Å². The molecule has 0 atom stereocenters. The minimum atomic E-state index is -0.133. The van der Waals surface area contributed by atoms with Crippen molar-refractivity contribution in [2.75, 3.05) is 0 Å². The monoisotopic (exact) mass is 398 g/mol. The third-order valence-electron chi connectivity index (χ3n) is 6.67. The van der Waals surface area contributed by atoms with Crippen molar-refractivity contribution in [3.8, 4) is 11.1 Å². The zero-order chi connectivity index (χ0) is 20.9. The normalized spacial score (nSPS) is 19.4. The topological polar surface area (TPSA) is 0 Å². The third kappa shape index (κ3) is 4.56. The van der Waals surface area contributed by atoms with Crippen LogP contribution in [0.5, 0.6) is 0 Å². The van der Waals surface area contributed by atoms with Crippen LogP contribution in [0.1, 0.15) is 50.2 Å². The molecule has 0 bridgehead atoms. The van der Waals surface area contributed by atoms with Gasteiger partial charge in [0.25, 0.3) is 0 Å². The van der Waals surface area contributed by atoms with Crippen LogP contribution in [0.3, 0.4) is 0 Å². The molecule has 4 rings (SSSR count). The van der Waals surface area contributed by atoms with Crippen LogP contribution in [0, 0.1) is 17.7 Å². The number of hydrogen-bond donors (Lipinski definition) is 0. The average molecular weight is 399 g/mol. The summed E-state index contributed by atoms with van der Waals surface area (Å²) in [5.74, 6) is 1.43. The molecule has 0 nitrogen and oxygen atoms in total. The molecule has 1 aliphatic rings. The first-order chi connectivity index (χ1) is 14.7. The quantitative estimate of drug-likeness (QED) is 0.365. The lowest BCUT2D eigenvalue weighted by molar-refractivity contribution is 0.296. The van der Waals surface area contributed by atoms with Crippen LogP contribution in [-0.4, -0.2) is 0 Å². The van der Waals surface area contributed by atoms with Crippen LogP contribution in [0.15, 0.2) is 73.3 Å². The molecule has 1 aliphatic carbocycles. The van der Waals surface area contributed by atoms with Crippen molar-refractivity contribution in [2.45, 2.75) is 45.4 Å². The van der Waals surface area contributed by atoms with Crippen LogP contribution >= 0.6 is 0 Å². The van der Waals surface area contributed by atoms with Crippen LogP contribution in [-0.2, 0) is 6.42 Å². The fourth-order valence-electron chi connectivity index (χ4n) is 4.76. The molecule has 1 saturated carbocycles. The lowest BCUT2D eigenvalue weighted by atomic mass is 9.79. The number of rotatable bonds is 6. The Hall–Kier alpha value is -2.67. The van der Waals surface area contributed by atoms with Gasteiger partial charge in [0.1, 0.15) is 5.82 Å². The van der Waals surface area contributed by atoms with Gasteiger partial charge in [0.05, 0.1) is 0 Å². The molecule has 1 heteroatoms. The van der Waals surface area contributed by atoms with E-state index in [9.17, 15) is 0 Å². The molecule has 3 aromatic carbocycles. The summed E-state index contributed by atoms with van der Waals surface area (Å²) in [6, 6.07) is 18.3. The van der Waals surface area contributed by atoms with Crippen molar-refractivity contribution in [1.82, 2.24) is 0 Å². The zero-order valence-electron chi connectivity index (χ0n) is 17.9. The summed E-state index contributed by atoms with van der Waals surface area (Å²) in [5.41, 5.74) is 4.07. The first-order valence-electron chi connectivity index (χ1n) is 11.2. The van der Waals surface area contributed by atoms with Gasteiger partial charge < -0.3 is 0 Å². The Bertz CT molecular complexity index is 1030. The van der Waals surface area contributed by atoms with E-state index in [0.29, 0.717) is 10.9 Å². The van der Waals surface area contributed by atoms with E-state index in [0.717, 1.165) is 34.8 Å². The highest BCUT2D eigenvalue weighted by Gasteiger charge is 2.19. The van der Waals surface area contributed by atoms with Gasteiger partial charge in [0.2, 0.25) is 0 Å². The summed E-state index contributed by atoms with van der Waals surface area (Å²) in [4.78, 5) is 0. The molecule has 0 spiro atoms. The third-order valence-corrected chi connectivity index (χ3v) is 6.67. The van der Waals surface area contributed by atoms with Crippen molar-refractivity contribution in [1.29, 1.82) is 0 Å². The first kappa shape index (κ1) is 20.6. The molecule has 3 aromatic rings. The predicted molar refractivity (Wildman–Crippen MR) is 128 cm³/mol. The van der Waals surface area contributed by atoms with E-state index in [1.807, 2.05) is 49.4 Å². The van der Waals surface area contributed by atoms with E-state index in [1.165, 1.54) is 37.7 Å². The molecule has 0 N–H and O–H groups in total. The van der Waals surface area contributed by atoms with Crippen LogP contribution in [0.25, 0.3) is 28.0 Å². The van der Waals surface area contributed by atoms with Gasteiger partial charge in [-0.2, -0.15) is 0 Å². The smallest absolute Gasteiger partial charge is 0.138 e. The molecule has 1 fully saturated rings. The standard InChI is InChI=1S/C29H31F/c1-3-5-24-14-18-28-26(20-24)17-19-27(29(28)30)25-15-12-23(13-16-25)11-10-22-8-6-21(4-2)7-9-22/h3-5,12-22H,2,6-11H2,1H3/b5-3+. The Kier molecular flexibility index (Phi) is 6.47. The summed E-state index contributed by atoms with van der Waals surface area (Å²) in [7, 11) is 0. The van der Waals surface area contributed by atoms with Gasteiger partial charge in [-0.3, -0.25) is 0 Å². The van der Waals surface area contributed by atoms with E-state index in [1.54, 1.807) is 0 Å². The van der Waals surface area contributed by atoms with Gasteiger partial charge in [0, 0.05) is 10.9 Å². The second kappa shape index (κ2) is 9.43. The maximum absolute atomic E-state index is 15.2. The maximum Gasteiger partial charge on any atom is 0.138 e. The number of halogens is 1. The molecule has 0 amide bonds. The van der Waals surface area contributed by atoms with Crippen LogP contribution in [0.4, 0.5) is 4.39 Å². The minimum absolute atomic E-state index is 0.133. The van der Waals surface area contributed by atoms with Crippen molar-refractivity contribution < 1.29 is 4.39 Å². The van der Waals surface area contributed by atoms with E-state index in [-0.39, 0.29) is 5.82 Å². The number of fused-ring (bicyclic) bond motifs is 1. The number of benzene rings is 3. The zero-order valence-corrected chi connectivity index (χ0v) is 17.9. The number of hydrogen-bond acceptors (Lipinski definition) is 0. The predicted octanol–water partition coefficient (Wildman–Crippen LogP) is 8.60. The van der Waals surface area contributed by atoms with Gasteiger partial charge in [-0.05, 0) is 85.4 Å². The average Bonchev–Trinajstić information content (AvgIpc) is 2.79. The SMILES string of the molecule is C=CC1CCC(CCc2ccc(-c3ccc4cc(/C=C/C)ccc4c3F)cc2)CC1. The highest BCUT2D eigenvalue weighted by molar-refractivity contribution is 5.89. The highest BCUT2D eigenvalue weighted by Crippen LogP contribution is 2.33. The minimum Gasteiger partial charge on any atom is -0.206 e. The van der Waals surface area contributed by atoms with E-state index >= 15 is 4.39 Å². The Balaban J connectivity index is 1.46. The Morgan fingerprint density at radius 2 is 1.73 bits per heavy atom. The van der Waals surface area contributed by atoms with E-state index in [2.05, 4.69) is 36.9 Å². The van der Waals surface area contributed by atoms with Crippen molar-refractivity contribution in [2.24, 2.45) is 11.8 Å². The van der Waals surface area contributed by atoms with E-state index < -0.39 is 0 Å². The molecule has 0 aromatic heterocycles. The summed E-state index contributed by atoms with van der Waals surface area (Å²) < 4.78 is 15.2. The highest BCUT2D eigenvalue weighted by atomic mass is 19.1. The molecule has 0 unspecified atom stereocenters. The lowest BCUT2D eigenvalue weighted by Crippen LogP contribution is -2.13. The van der Waals surface area contributed by atoms with Gasteiger partial charge >= 0.3 is 0 Å². The summed E-state index contributed by atoms with van der Waals surface area (Å²) in [6.07, 6.45) is 13.8. The Morgan fingerprint density at radius 3 is 2.43 bits per heavy atom. The molecular weight excluding hydrogens is 367 g/mol. The van der Waals surface area contributed by atoms with Gasteiger partial charge in [-0.25, -0.2) is 4.39 Å². The lowest BCUT2D eigenvalue weighted by Gasteiger charge is -2.26. The summed E-state index contributed by atoms with van der Waals surface area (Å²) in [5, 5.41) is 1.62. The largest absolute Gasteiger partial charge is 0.206 e. The van der Waals surface area contributed by atoms with Crippen LogP contribution < -0.4 is 0 Å². The van der Waals surface area contributed by atoms with Crippen molar-refractivity contribution >= 4 is 16.8 Å². The number of aryl methyl sites for hydroxylation is 1. The second-order valence-corrected chi connectivity index (χ2v) is 8.66. The molecule has 30 heavy (non-hydrogen) atoms. The molecule has 154 valence electrons. The Labute approximate surface area is 180 Å². The Morgan fingerprint density at radius 1 is 0.967 bits per heavy atom. The molecule has 0 saturated heterocycles.